The van der Waals surface area contributed by atoms with E-state index in [4.69, 9.17) is 5.84 Å². The first-order valence-electron chi connectivity index (χ1n) is 8.38. The molecule has 1 aliphatic carbocycles. The maximum atomic E-state index is 5.77. The van der Waals surface area contributed by atoms with Crippen LogP contribution in [0, 0.1) is 11.8 Å². The van der Waals surface area contributed by atoms with E-state index in [1.54, 1.807) is 0 Å². The molecule has 1 atom stereocenters. The van der Waals surface area contributed by atoms with Gasteiger partial charge in [-0.25, -0.2) is 0 Å². The van der Waals surface area contributed by atoms with Crippen molar-refractivity contribution < 1.29 is 0 Å². The molecule has 19 heavy (non-hydrogen) atoms. The van der Waals surface area contributed by atoms with Crippen molar-refractivity contribution in [3.05, 3.63) is 12.7 Å². The third-order valence-corrected chi connectivity index (χ3v) is 4.79. The molecule has 0 aromatic rings. The van der Waals surface area contributed by atoms with Crippen molar-refractivity contribution in [2.45, 2.75) is 83.6 Å². The van der Waals surface area contributed by atoms with E-state index < -0.39 is 0 Å². The fourth-order valence-corrected chi connectivity index (χ4v) is 3.57. The Hall–Kier alpha value is -0.340. The number of unbranched alkanes of at least 4 members (excludes halogenated alkanes) is 3. The Morgan fingerprint density at radius 3 is 2.53 bits per heavy atom. The van der Waals surface area contributed by atoms with Crippen molar-refractivity contribution >= 4 is 0 Å². The lowest BCUT2D eigenvalue weighted by Crippen LogP contribution is -2.42. The van der Waals surface area contributed by atoms with Gasteiger partial charge in [-0.1, -0.05) is 51.5 Å². The van der Waals surface area contributed by atoms with Crippen LogP contribution in [0.25, 0.3) is 0 Å². The van der Waals surface area contributed by atoms with Crippen LogP contribution >= 0.6 is 0 Å². The summed E-state index contributed by atoms with van der Waals surface area (Å²) in [4.78, 5) is 0. The van der Waals surface area contributed by atoms with Crippen molar-refractivity contribution in [2.75, 3.05) is 0 Å². The average Bonchev–Trinajstić information content (AvgIpc) is 2.44. The molecule has 1 saturated carbocycles. The quantitative estimate of drug-likeness (QED) is 0.263. The molecule has 0 radical (unpaired) electrons. The van der Waals surface area contributed by atoms with Gasteiger partial charge in [-0.2, -0.15) is 0 Å². The van der Waals surface area contributed by atoms with Crippen LogP contribution in [0.15, 0.2) is 12.7 Å². The average molecular weight is 266 g/mol. The van der Waals surface area contributed by atoms with Gasteiger partial charge in [-0.05, 0) is 43.9 Å². The molecule has 0 bridgehead atoms. The van der Waals surface area contributed by atoms with Gasteiger partial charge in [0.05, 0.1) is 0 Å². The van der Waals surface area contributed by atoms with Crippen molar-refractivity contribution in [3.63, 3.8) is 0 Å². The summed E-state index contributed by atoms with van der Waals surface area (Å²) in [7, 11) is 0. The van der Waals surface area contributed by atoms with Crippen LogP contribution in [0.2, 0.25) is 0 Å². The molecular weight excluding hydrogens is 232 g/mol. The molecule has 0 spiro atoms. The first-order valence-corrected chi connectivity index (χ1v) is 8.38. The van der Waals surface area contributed by atoms with Gasteiger partial charge in [0.25, 0.3) is 0 Å². The predicted octanol–water partition coefficient (Wildman–Crippen LogP) is 4.56. The summed E-state index contributed by atoms with van der Waals surface area (Å²) in [6.07, 6.45) is 16.7. The Kier molecular flexibility index (Phi) is 9.19. The molecule has 0 heterocycles. The highest BCUT2D eigenvalue weighted by Crippen LogP contribution is 2.34. The van der Waals surface area contributed by atoms with Gasteiger partial charge in [-0.15, -0.1) is 6.58 Å². The lowest BCUT2D eigenvalue weighted by atomic mass is 9.76. The van der Waals surface area contributed by atoms with Crippen LogP contribution < -0.4 is 11.3 Å². The van der Waals surface area contributed by atoms with Crippen LogP contribution in [-0.4, -0.2) is 6.04 Å². The number of hydrogen-bond donors (Lipinski definition) is 2. The van der Waals surface area contributed by atoms with Gasteiger partial charge in [0.2, 0.25) is 0 Å². The summed E-state index contributed by atoms with van der Waals surface area (Å²) in [6.45, 7) is 6.08. The zero-order valence-corrected chi connectivity index (χ0v) is 12.9. The van der Waals surface area contributed by atoms with Gasteiger partial charge in [-0.3, -0.25) is 11.3 Å². The molecular formula is C17H34N2. The van der Waals surface area contributed by atoms with Crippen molar-refractivity contribution in [2.24, 2.45) is 17.7 Å². The van der Waals surface area contributed by atoms with E-state index >= 15 is 0 Å². The summed E-state index contributed by atoms with van der Waals surface area (Å²) >= 11 is 0. The largest absolute Gasteiger partial charge is 0.271 e. The third kappa shape index (κ3) is 6.58. The van der Waals surface area contributed by atoms with Crippen molar-refractivity contribution in [3.8, 4) is 0 Å². The molecule has 2 heteroatoms. The maximum absolute atomic E-state index is 5.77. The normalized spacial score (nSPS) is 25.2. The SMILES string of the molecule is C=CCCCCCC(NN)C1CCC(CCC)CC1. The number of nitrogens with two attached hydrogens (primary N) is 1. The minimum absolute atomic E-state index is 0.548. The van der Waals surface area contributed by atoms with Gasteiger partial charge < -0.3 is 0 Å². The number of allylic oxidation sites excluding steroid dienone is 1. The molecule has 0 amide bonds. The van der Waals surface area contributed by atoms with Gasteiger partial charge in [0.1, 0.15) is 0 Å². The zero-order valence-electron chi connectivity index (χ0n) is 12.9. The number of hydrogen-bond acceptors (Lipinski definition) is 2. The highest BCUT2D eigenvalue weighted by Gasteiger charge is 2.26. The molecule has 1 unspecified atom stereocenters. The van der Waals surface area contributed by atoms with Crippen LogP contribution in [-0.2, 0) is 0 Å². The molecule has 112 valence electrons. The molecule has 0 aromatic heterocycles. The Morgan fingerprint density at radius 1 is 1.21 bits per heavy atom. The molecule has 0 aromatic carbocycles. The van der Waals surface area contributed by atoms with Crippen LogP contribution in [0.5, 0.6) is 0 Å². The topological polar surface area (TPSA) is 38.0 Å². The second-order valence-electron chi connectivity index (χ2n) is 6.27. The van der Waals surface area contributed by atoms with Crippen molar-refractivity contribution in [1.82, 2.24) is 5.43 Å². The lowest BCUT2D eigenvalue weighted by molar-refractivity contribution is 0.205. The molecule has 0 aliphatic heterocycles. The summed E-state index contributed by atoms with van der Waals surface area (Å²) in [5, 5.41) is 0. The summed E-state index contributed by atoms with van der Waals surface area (Å²) in [5.74, 6) is 7.58. The van der Waals surface area contributed by atoms with Crippen LogP contribution in [0.4, 0.5) is 0 Å². The standard InChI is InChI=1S/C17H34N2/c1-3-5-6-7-8-10-17(19-18)16-13-11-15(9-4-2)12-14-16/h3,15-17,19H,1,4-14,18H2,2H3. The van der Waals surface area contributed by atoms with E-state index in [9.17, 15) is 0 Å². The molecule has 1 rings (SSSR count). The van der Waals surface area contributed by atoms with Crippen molar-refractivity contribution in [1.29, 1.82) is 0 Å². The van der Waals surface area contributed by atoms with E-state index in [-0.39, 0.29) is 0 Å². The van der Waals surface area contributed by atoms with Crippen LogP contribution in [0.1, 0.15) is 77.6 Å². The number of hydrazine groups is 1. The minimum atomic E-state index is 0.548. The Balaban J connectivity index is 2.18. The lowest BCUT2D eigenvalue weighted by Gasteiger charge is -2.33. The van der Waals surface area contributed by atoms with Gasteiger partial charge >= 0.3 is 0 Å². The molecule has 0 saturated heterocycles. The smallest absolute Gasteiger partial charge is 0.0238 e. The zero-order chi connectivity index (χ0) is 13.9. The molecule has 3 N–H and O–H groups in total. The van der Waals surface area contributed by atoms with E-state index in [2.05, 4.69) is 18.9 Å². The highest BCUT2D eigenvalue weighted by atomic mass is 15.2. The summed E-state index contributed by atoms with van der Waals surface area (Å²) in [6, 6.07) is 0.548. The molecule has 2 nitrogen and oxygen atoms in total. The highest BCUT2D eigenvalue weighted by molar-refractivity contribution is 4.81. The Bertz CT molecular complexity index is 219. The van der Waals surface area contributed by atoms with Gasteiger partial charge in [0, 0.05) is 6.04 Å². The first-order chi connectivity index (χ1) is 9.31. The third-order valence-electron chi connectivity index (χ3n) is 4.79. The monoisotopic (exact) mass is 266 g/mol. The summed E-state index contributed by atoms with van der Waals surface area (Å²) in [5.41, 5.74) is 3.09. The second kappa shape index (κ2) is 10.4. The Labute approximate surface area is 120 Å². The first kappa shape index (κ1) is 16.7. The maximum Gasteiger partial charge on any atom is 0.0238 e. The summed E-state index contributed by atoms with van der Waals surface area (Å²) < 4.78 is 0. The molecule has 1 aliphatic rings. The predicted molar refractivity (Wildman–Crippen MR) is 84.7 cm³/mol. The number of nitrogens with one attached hydrogen (secondary N) is 1. The molecule has 1 fully saturated rings. The van der Waals surface area contributed by atoms with E-state index in [0.717, 1.165) is 18.3 Å². The minimum Gasteiger partial charge on any atom is -0.271 e. The van der Waals surface area contributed by atoms with E-state index in [0.29, 0.717) is 6.04 Å². The fraction of sp³-hybridized carbons (Fsp3) is 0.882. The Morgan fingerprint density at radius 2 is 1.95 bits per heavy atom. The van der Waals surface area contributed by atoms with Gasteiger partial charge in [0.15, 0.2) is 0 Å². The van der Waals surface area contributed by atoms with Crippen LogP contribution in [0.3, 0.4) is 0 Å². The second-order valence-corrected chi connectivity index (χ2v) is 6.27. The van der Waals surface area contributed by atoms with E-state index in [1.165, 1.54) is 64.2 Å². The van der Waals surface area contributed by atoms with E-state index in [1.807, 2.05) is 6.08 Å². The fourth-order valence-electron chi connectivity index (χ4n) is 3.57. The number of rotatable bonds is 10.